The van der Waals surface area contributed by atoms with Gasteiger partial charge in [0.05, 0.1) is 0 Å². The Balaban J connectivity index is 1.62. The van der Waals surface area contributed by atoms with Crippen molar-refractivity contribution in [1.29, 1.82) is 0 Å². The molecule has 2 aliphatic rings. The van der Waals surface area contributed by atoms with Gasteiger partial charge in [-0.2, -0.15) is 0 Å². The van der Waals surface area contributed by atoms with Crippen molar-refractivity contribution in [2.75, 3.05) is 12.7 Å². The number of carbonyl (C=O) groups is 3. The average molecular weight is 436 g/mol. The number of unbranched alkanes of at least 4 members (excludes halogenated alkanes) is 2. The zero-order valence-corrected chi connectivity index (χ0v) is 17.9. The van der Waals surface area contributed by atoms with Crippen LogP contribution in [-0.2, 0) is 25.4 Å². The number of aryl methyl sites for hydroxylation is 1. The number of carbonyl (C=O) groups excluding carboxylic acids is 2. The molecule has 2 fully saturated rings. The van der Waals surface area contributed by atoms with Gasteiger partial charge in [-0.1, -0.05) is 36.8 Å². The highest BCUT2D eigenvalue weighted by atomic mass is 31.2. The number of carboxylic acids is 1. The van der Waals surface area contributed by atoms with Crippen LogP contribution in [0.1, 0.15) is 50.5 Å². The van der Waals surface area contributed by atoms with Crippen LogP contribution in [0.15, 0.2) is 30.3 Å². The molecule has 0 radical (unpaired) electrons. The maximum absolute atomic E-state index is 13.1. The van der Waals surface area contributed by atoms with Crippen molar-refractivity contribution < 1.29 is 28.9 Å². The van der Waals surface area contributed by atoms with Crippen LogP contribution in [0.5, 0.6) is 0 Å². The van der Waals surface area contributed by atoms with Crippen molar-refractivity contribution in [2.45, 2.75) is 63.1 Å². The van der Waals surface area contributed by atoms with Crippen LogP contribution in [0, 0.1) is 0 Å². The van der Waals surface area contributed by atoms with Gasteiger partial charge in [0.25, 0.3) is 5.91 Å². The molecule has 3 atom stereocenters. The molecule has 30 heavy (non-hydrogen) atoms. The lowest BCUT2D eigenvalue weighted by Gasteiger charge is -2.42. The molecule has 0 saturated carbocycles. The molecule has 1 unspecified atom stereocenters. The lowest BCUT2D eigenvalue weighted by atomic mass is 10.1. The summed E-state index contributed by atoms with van der Waals surface area (Å²) in [6.07, 6.45) is 3.68. The molecule has 164 valence electrons. The maximum Gasteiger partial charge on any atom is 0.328 e. The van der Waals surface area contributed by atoms with E-state index in [1.54, 1.807) is 0 Å². The van der Waals surface area contributed by atoms with Gasteiger partial charge in [-0.25, -0.2) is 9.80 Å². The lowest BCUT2D eigenvalue weighted by molar-refractivity contribution is -0.179. The number of fused-ring (bicyclic) bond motifs is 1. The minimum atomic E-state index is -3.87. The number of rotatable bonds is 8. The van der Waals surface area contributed by atoms with Gasteiger partial charge in [0, 0.05) is 19.1 Å². The van der Waals surface area contributed by atoms with Gasteiger partial charge in [-0.3, -0.25) is 19.2 Å². The minimum Gasteiger partial charge on any atom is -0.480 e. The Kier molecular flexibility index (Phi) is 7.32. The van der Waals surface area contributed by atoms with Crippen LogP contribution in [-0.4, -0.2) is 62.2 Å². The number of hydrazine groups is 1. The molecular formula is C21H29N2O6P. The van der Waals surface area contributed by atoms with Crippen molar-refractivity contribution in [1.82, 2.24) is 10.0 Å². The van der Waals surface area contributed by atoms with E-state index in [9.17, 15) is 28.9 Å². The third-order valence-electron chi connectivity index (χ3n) is 5.89. The molecule has 0 spiro atoms. The van der Waals surface area contributed by atoms with Crippen LogP contribution in [0.4, 0.5) is 0 Å². The summed E-state index contributed by atoms with van der Waals surface area (Å²) < 4.78 is 13.1. The Morgan fingerprint density at radius 3 is 2.53 bits per heavy atom. The normalized spacial score (nSPS) is 24.2. The van der Waals surface area contributed by atoms with E-state index >= 15 is 0 Å². The van der Waals surface area contributed by atoms with E-state index in [0.717, 1.165) is 24.3 Å². The van der Waals surface area contributed by atoms with E-state index in [0.29, 0.717) is 12.8 Å². The van der Waals surface area contributed by atoms with E-state index in [2.05, 4.69) is 0 Å². The molecule has 0 aliphatic carbocycles. The first-order chi connectivity index (χ1) is 14.3. The predicted molar refractivity (Wildman–Crippen MR) is 111 cm³/mol. The molecule has 2 N–H and O–H groups in total. The van der Waals surface area contributed by atoms with Gasteiger partial charge in [-0.05, 0) is 44.1 Å². The Morgan fingerprint density at radius 2 is 1.83 bits per heavy atom. The molecule has 2 saturated heterocycles. The van der Waals surface area contributed by atoms with Gasteiger partial charge in [0.15, 0.2) is 6.04 Å². The second kappa shape index (κ2) is 9.75. The van der Waals surface area contributed by atoms with Gasteiger partial charge in [0.1, 0.15) is 5.66 Å². The molecule has 2 amide bonds. The first-order valence-electron chi connectivity index (χ1n) is 10.5. The van der Waals surface area contributed by atoms with Crippen LogP contribution < -0.4 is 0 Å². The summed E-state index contributed by atoms with van der Waals surface area (Å²) in [5.74, 6) is -2.27. The summed E-state index contributed by atoms with van der Waals surface area (Å²) in [6.45, 7) is 0.260. The smallest absolute Gasteiger partial charge is 0.328 e. The number of hydrogen-bond donors (Lipinski definition) is 2. The van der Waals surface area contributed by atoms with E-state index in [1.807, 2.05) is 30.3 Å². The fourth-order valence-corrected chi connectivity index (χ4v) is 6.25. The molecule has 0 aromatic heterocycles. The summed E-state index contributed by atoms with van der Waals surface area (Å²) in [4.78, 5) is 47.8. The highest BCUT2D eigenvalue weighted by Crippen LogP contribution is 2.51. The van der Waals surface area contributed by atoms with Crippen molar-refractivity contribution >= 4 is 25.2 Å². The van der Waals surface area contributed by atoms with Crippen molar-refractivity contribution in [3.8, 4) is 0 Å². The van der Waals surface area contributed by atoms with Crippen molar-refractivity contribution in [2.24, 2.45) is 0 Å². The second-order valence-corrected chi connectivity index (χ2v) is 10.6. The average Bonchev–Trinajstić information content (AvgIpc) is 2.85. The van der Waals surface area contributed by atoms with Gasteiger partial charge in [0.2, 0.25) is 13.3 Å². The molecule has 1 aromatic carbocycles. The predicted octanol–water partition coefficient (Wildman–Crippen LogP) is 2.65. The Morgan fingerprint density at radius 1 is 1.10 bits per heavy atom. The van der Waals surface area contributed by atoms with Crippen molar-refractivity contribution in [3.05, 3.63) is 35.9 Å². The standard InChI is InChI=1S/C21H29N2O6P/c24-19-13-12-18(20(25)23-17(21(26)27)11-7-14-22(19)23)30(28,29)15-6-2-5-10-16-8-3-1-4-9-16/h1,3-4,8-9,17-18H,2,5-7,10-15H2,(H,26,27)(H,28,29)/t17-,18-/m0/s1. The molecule has 3 rings (SSSR count). The fraction of sp³-hybridized carbons (Fsp3) is 0.571. The van der Waals surface area contributed by atoms with Crippen LogP contribution >= 0.6 is 7.37 Å². The number of hydrogen-bond acceptors (Lipinski definition) is 4. The molecule has 0 bridgehead atoms. The minimum absolute atomic E-state index is 0.00202. The van der Waals surface area contributed by atoms with Crippen LogP contribution in [0.2, 0.25) is 0 Å². The highest BCUT2D eigenvalue weighted by Gasteiger charge is 2.49. The Hall–Kier alpha value is -2.18. The molecule has 2 heterocycles. The number of nitrogens with zero attached hydrogens (tertiary/aromatic N) is 2. The van der Waals surface area contributed by atoms with Crippen LogP contribution in [0.25, 0.3) is 0 Å². The number of carboxylic acid groups (broad SMARTS) is 1. The van der Waals surface area contributed by atoms with Crippen molar-refractivity contribution in [3.63, 3.8) is 0 Å². The van der Waals surface area contributed by atoms with Crippen LogP contribution in [0.3, 0.4) is 0 Å². The Bertz CT molecular complexity index is 830. The fourth-order valence-electron chi connectivity index (χ4n) is 4.26. The monoisotopic (exact) mass is 436 g/mol. The van der Waals surface area contributed by atoms with E-state index in [1.165, 1.54) is 10.6 Å². The van der Waals surface area contributed by atoms with Gasteiger partial charge in [-0.15, -0.1) is 0 Å². The largest absolute Gasteiger partial charge is 0.480 e. The number of benzene rings is 1. The maximum atomic E-state index is 13.1. The lowest BCUT2D eigenvalue weighted by Crippen LogP contribution is -2.60. The summed E-state index contributed by atoms with van der Waals surface area (Å²) >= 11 is 0. The molecule has 2 aliphatic heterocycles. The number of amides is 2. The zero-order chi connectivity index (χ0) is 21.7. The third kappa shape index (κ3) is 5.10. The van der Waals surface area contributed by atoms with Gasteiger partial charge < -0.3 is 10.00 Å². The summed E-state index contributed by atoms with van der Waals surface area (Å²) in [6, 6.07) is 8.83. The zero-order valence-electron chi connectivity index (χ0n) is 17.0. The molecule has 9 heteroatoms. The highest BCUT2D eigenvalue weighted by molar-refractivity contribution is 7.59. The molecule has 8 nitrogen and oxygen atoms in total. The summed E-state index contributed by atoms with van der Waals surface area (Å²) in [5, 5.41) is 11.6. The third-order valence-corrected chi connectivity index (χ3v) is 8.30. The van der Waals surface area contributed by atoms with E-state index < -0.39 is 30.9 Å². The van der Waals surface area contributed by atoms with E-state index in [4.69, 9.17) is 0 Å². The first-order valence-corrected chi connectivity index (χ1v) is 12.4. The summed E-state index contributed by atoms with van der Waals surface area (Å²) in [7, 11) is -3.87. The SMILES string of the molecule is O=C(O)[C@@H]1CCCN2C(=O)CC[C@H](P(=O)(O)CCCCCc3ccccc3)C(=O)N12. The van der Waals surface area contributed by atoms with E-state index in [-0.39, 0.29) is 37.9 Å². The topological polar surface area (TPSA) is 115 Å². The van der Waals surface area contributed by atoms with Gasteiger partial charge >= 0.3 is 5.97 Å². The first kappa shape index (κ1) is 22.5. The second-order valence-electron chi connectivity index (χ2n) is 8.03. The Labute approximate surface area is 176 Å². The summed E-state index contributed by atoms with van der Waals surface area (Å²) in [5.41, 5.74) is -0.00688. The number of aliphatic carboxylic acids is 1. The molecular weight excluding hydrogens is 407 g/mol. The molecule has 1 aromatic rings. The quantitative estimate of drug-likeness (QED) is 0.478.